The second kappa shape index (κ2) is 5.55. The highest BCUT2D eigenvalue weighted by atomic mass is 16.4. The molecule has 1 unspecified atom stereocenters. The number of nitrogens with one attached hydrogen (secondary N) is 1. The van der Waals surface area contributed by atoms with Crippen molar-refractivity contribution < 1.29 is 14.3 Å². The zero-order valence-electron chi connectivity index (χ0n) is 9.56. The number of rotatable bonds is 6. The molecule has 1 heterocycles. The third kappa shape index (κ3) is 3.94. The molecule has 1 aromatic heterocycles. The summed E-state index contributed by atoms with van der Waals surface area (Å²) in [5, 5.41) is 11.9. The molecule has 0 radical (unpaired) electrons. The van der Waals surface area contributed by atoms with Gasteiger partial charge in [-0.2, -0.15) is 0 Å². The average Bonchev–Trinajstić information content (AvgIpc) is 2.58. The van der Waals surface area contributed by atoms with E-state index in [0.717, 1.165) is 0 Å². The zero-order chi connectivity index (χ0) is 12.1. The molecule has 0 aliphatic carbocycles. The van der Waals surface area contributed by atoms with Crippen LogP contribution >= 0.6 is 0 Å². The van der Waals surface area contributed by atoms with Crippen molar-refractivity contribution in [3.8, 4) is 0 Å². The van der Waals surface area contributed by atoms with Gasteiger partial charge in [0.1, 0.15) is 11.8 Å². The normalized spacial score (nSPS) is 12.9. The van der Waals surface area contributed by atoms with Crippen LogP contribution in [0.1, 0.15) is 26.0 Å². The fourth-order valence-electron chi connectivity index (χ4n) is 1.46. The average molecular weight is 226 g/mol. The predicted molar refractivity (Wildman–Crippen MR) is 60.8 cm³/mol. The fourth-order valence-corrected chi connectivity index (χ4v) is 1.46. The number of aliphatic carboxylic acids is 1. The second-order valence-electron chi connectivity index (χ2n) is 4.21. The van der Waals surface area contributed by atoms with Crippen molar-refractivity contribution >= 4 is 11.9 Å². The molecular weight excluding hydrogens is 208 g/mol. The van der Waals surface area contributed by atoms with E-state index in [1.54, 1.807) is 12.1 Å². The summed E-state index contributed by atoms with van der Waals surface area (Å²) in [6.07, 6.45) is 0.589. The lowest BCUT2D eigenvalue weighted by Crippen LogP contribution is -2.37. The van der Waals surface area contributed by atoms with E-state index in [1.165, 1.54) is 0 Å². The molecule has 90 valence electrons. The first kappa shape index (κ1) is 12.6. The van der Waals surface area contributed by atoms with Crippen molar-refractivity contribution in [3.05, 3.63) is 17.9 Å². The molecule has 0 amide bonds. The molecule has 0 saturated heterocycles. The molecule has 16 heavy (non-hydrogen) atoms. The number of carboxylic acid groups (broad SMARTS) is 1. The smallest absolute Gasteiger partial charge is 0.320 e. The van der Waals surface area contributed by atoms with Gasteiger partial charge in [0.25, 0.3) is 0 Å². The number of carboxylic acids is 1. The summed E-state index contributed by atoms with van der Waals surface area (Å²) in [5.41, 5.74) is 5.41. The third-order valence-electron chi connectivity index (χ3n) is 2.21. The first-order chi connectivity index (χ1) is 7.49. The van der Waals surface area contributed by atoms with Gasteiger partial charge in [0.05, 0.1) is 6.54 Å². The van der Waals surface area contributed by atoms with Crippen LogP contribution in [0.15, 0.2) is 16.5 Å². The molecule has 0 aromatic carbocycles. The van der Waals surface area contributed by atoms with Crippen LogP contribution in [0.5, 0.6) is 0 Å². The van der Waals surface area contributed by atoms with Gasteiger partial charge < -0.3 is 15.3 Å². The maximum absolute atomic E-state index is 10.9. The number of furan rings is 1. The first-order valence-electron chi connectivity index (χ1n) is 5.29. The number of hydrogen-bond donors (Lipinski definition) is 3. The number of carbonyl (C=O) groups is 1. The summed E-state index contributed by atoms with van der Waals surface area (Å²) in [6.45, 7) is 4.35. The Bertz CT molecular complexity index is 347. The number of nitrogens with two attached hydrogens (primary N) is 1. The number of anilines is 1. The number of nitrogen functional groups attached to an aromatic ring is 1. The molecule has 4 N–H and O–H groups in total. The maximum Gasteiger partial charge on any atom is 0.320 e. The van der Waals surface area contributed by atoms with E-state index in [4.69, 9.17) is 15.3 Å². The van der Waals surface area contributed by atoms with Crippen LogP contribution in [-0.2, 0) is 11.3 Å². The summed E-state index contributed by atoms with van der Waals surface area (Å²) < 4.78 is 5.14. The predicted octanol–water partition coefficient (Wildman–Crippen LogP) is 1.45. The minimum Gasteiger partial charge on any atom is -0.480 e. The standard InChI is InChI=1S/C11H18N2O3/c1-7(2)5-9(11(14)15)13-6-8-3-4-10(12)16-8/h3-4,7,9,13H,5-6,12H2,1-2H3,(H,14,15). The molecule has 0 spiro atoms. The Morgan fingerprint density at radius 3 is 2.69 bits per heavy atom. The molecule has 1 atom stereocenters. The largest absolute Gasteiger partial charge is 0.480 e. The number of hydrogen-bond acceptors (Lipinski definition) is 4. The van der Waals surface area contributed by atoms with Crippen molar-refractivity contribution in [2.75, 3.05) is 5.73 Å². The third-order valence-corrected chi connectivity index (χ3v) is 2.21. The molecule has 0 bridgehead atoms. The Kier molecular flexibility index (Phi) is 4.37. The van der Waals surface area contributed by atoms with E-state index < -0.39 is 12.0 Å². The van der Waals surface area contributed by atoms with Crippen molar-refractivity contribution in [1.29, 1.82) is 0 Å². The summed E-state index contributed by atoms with van der Waals surface area (Å²) in [7, 11) is 0. The highest BCUT2D eigenvalue weighted by Gasteiger charge is 2.18. The Morgan fingerprint density at radius 1 is 1.56 bits per heavy atom. The van der Waals surface area contributed by atoms with Gasteiger partial charge in [-0.25, -0.2) is 0 Å². The van der Waals surface area contributed by atoms with Crippen molar-refractivity contribution in [2.45, 2.75) is 32.9 Å². The topological polar surface area (TPSA) is 88.5 Å². The molecule has 5 heteroatoms. The Labute approximate surface area is 94.6 Å². The summed E-state index contributed by atoms with van der Waals surface area (Å²) in [5.74, 6) is 0.475. The van der Waals surface area contributed by atoms with Gasteiger partial charge in [0.2, 0.25) is 0 Å². The first-order valence-corrected chi connectivity index (χ1v) is 5.29. The quantitative estimate of drug-likeness (QED) is 0.683. The van der Waals surface area contributed by atoms with Gasteiger partial charge in [-0.15, -0.1) is 0 Å². The Morgan fingerprint density at radius 2 is 2.25 bits per heavy atom. The van der Waals surface area contributed by atoms with Crippen LogP contribution in [0, 0.1) is 5.92 Å². The van der Waals surface area contributed by atoms with Crippen LogP contribution in [-0.4, -0.2) is 17.1 Å². The second-order valence-corrected chi connectivity index (χ2v) is 4.21. The molecule has 0 aliphatic rings. The molecule has 0 saturated carbocycles. The van der Waals surface area contributed by atoms with E-state index >= 15 is 0 Å². The van der Waals surface area contributed by atoms with Crippen molar-refractivity contribution in [1.82, 2.24) is 5.32 Å². The monoisotopic (exact) mass is 226 g/mol. The van der Waals surface area contributed by atoms with Crippen molar-refractivity contribution in [3.63, 3.8) is 0 Å². The lowest BCUT2D eigenvalue weighted by atomic mass is 10.0. The lowest BCUT2D eigenvalue weighted by molar-refractivity contribution is -0.140. The molecule has 0 fully saturated rings. The highest BCUT2D eigenvalue weighted by molar-refractivity contribution is 5.73. The molecule has 1 aromatic rings. The minimum absolute atomic E-state index is 0.329. The van der Waals surface area contributed by atoms with E-state index in [2.05, 4.69) is 5.32 Å². The minimum atomic E-state index is -0.840. The van der Waals surface area contributed by atoms with Gasteiger partial charge >= 0.3 is 5.97 Å². The molecule has 1 rings (SSSR count). The SMILES string of the molecule is CC(C)CC(NCc1ccc(N)o1)C(=O)O. The van der Waals surface area contributed by atoms with E-state index in [9.17, 15) is 4.79 Å². The van der Waals surface area contributed by atoms with E-state index in [0.29, 0.717) is 30.5 Å². The van der Waals surface area contributed by atoms with Gasteiger partial charge in [0, 0.05) is 6.07 Å². The van der Waals surface area contributed by atoms with Gasteiger partial charge in [0.15, 0.2) is 5.88 Å². The Hall–Kier alpha value is -1.49. The van der Waals surface area contributed by atoms with E-state index in [1.807, 2.05) is 13.8 Å². The van der Waals surface area contributed by atoms with Gasteiger partial charge in [-0.05, 0) is 18.4 Å². The molecule has 5 nitrogen and oxygen atoms in total. The lowest BCUT2D eigenvalue weighted by Gasteiger charge is -2.15. The highest BCUT2D eigenvalue weighted by Crippen LogP contribution is 2.10. The van der Waals surface area contributed by atoms with Crippen LogP contribution in [0.3, 0.4) is 0 Å². The molecular formula is C11H18N2O3. The summed E-state index contributed by atoms with van der Waals surface area (Å²) in [4.78, 5) is 10.9. The van der Waals surface area contributed by atoms with Crippen LogP contribution in [0.2, 0.25) is 0 Å². The van der Waals surface area contributed by atoms with E-state index in [-0.39, 0.29) is 0 Å². The maximum atomic E-state index is 10.9. The summed E-state index contributed by atoms with van der Waals surface area (Å²) >= 11 is 0. The fraction of sp³-hybridized carbons (Fsp3) is 0.545. The van der Waals surface area contributed by atoms with Crippen molar-refractivity contribution in [2.24, 2.45) is 5.92 Å². The van der Waals surface area contributed by atoms with Gasteiger partial charge in [-0.3, -0.25) is 10.1 Å². The van der Waals surface area contributed by atoms with Gasteiger partial charge in [-0.1, -0.05) is 13.8 Å². The molecule has 0 aliphatic heterocycles. The summed E-state index contributed by atoms with van der Waals surface area (Å²) in [6, 6.07) is 2.83. The van der Waals surface area contributed by atoms with Crippen LogP contribution < -0.4 is 11.1 Å². The van der Waals surface area contributed by atoms with Crippen LogP contribution in [0.25, 0.3) is 0 Å². The van der Waals surface area contributed by atoms with Crippen LogP contribution in [0.4, 0.5) is 5.88 Å². The Balaban J connectivity index is 2.46. The zero-order valence-corrected chi connectivity index (χ0v) is 9.56.